The Hall–Kier alpha value is -2.71. The van der Waals surface area contributed by atoms with Gasteiger partial charge in [-0.3, -0.25) is 14.9 Å². The molecule has 19 heavy (non-hydrogen) atoms. The van der Waals surface area contributed by atoms with Gasteiger partial charge in [-0.25, -0.2) is 9.78 Å². The molecule has 0 aliphatic carbocycles. The molecule has 1 aromatic heterocycles. The summed E-state index contributed by atoms with van der Waals surface area (Å²) in [6.07, 6.45) is 1.06. The van der Waals surface area contributed by atoms with Crippen LogP contribution in [0.4, 0.5) is 11.5 Å². The zero-order valence-electron chi connectivity index (χ0n) is 9.78. The highest BCUT2D eigenvalue weighted by Crippen LogP contribution is 2.21. The molecule has 0 saturated carbocycles. The lowest BCUT2D eigenvalue weighted by Gasteiger charge is -2.13. The Balaban J connectivity index is 2.87. The molecule has 0 aliphatic heterocycles. The maximum atomic E-state index is 11.0. The van der Waals surface area contributed by atoms with Crippen molar-refractivity contribution in [2.75, 3.05) is 5.32 Å². The summed E-state index contributed by atoms with van der Waals surface area (Å²) < 4.78 is 0. The Morgan fingerprint density at radius 1 is 1.58 bits per heavy atom. The van der Waals surface area contributed by atoms with Crippen LogP contribution in [0.1, 0.15) is 12.8 Å². The van der Waals surface area contributed by atoms with Crippen molar-refractivity contribution in [2.24, 2.45) is 5.73 Å². The van der Waals surface area contributed by atoms with Crippen molar-refractivity contribution in [2.45, 2.75) is 18.9 Å². The van der Waals surface area contributed by atoms with Crippen molar-refractivity contribution in [1.29, 1.82) is 0 Å². The Morgan fingerprint density at radius 3 is 2.79 bits per heavy atom. The number of amides is 1. The molecule has 1 heterocycles. The highest BCUT2D eigenvalue weighted by atomic mass is 16.6. The first kappa shape index (κ1) is 14.4. The second kappa shape index (κ2) is 6.28. The van der Waals surface area contributed by atoms with Crippen molar-refractivity contribution in [3.63, 3.8) is 0 Å². The van der Waals surface area contributed by atoms with Crippen LogP contribution < -0.4 is 11.1 Å². The molecule has 1 aromatic rings. The van der Waals surface area contributed by atoms with E-state index in [-0.39, 0.29) is 24.3 Å². The number of carboxylic acid groups (broad SMARTS) is 1. The molecule has 0 radical (unpaired) electrons. The van der Waals surface area contributed by atoms with Gasteiger partial charge in [-0.2, -0.15) is 0 Å². The zero-order chi connectivity index (χ0) is 14.4. The van der Waals surface area contributed by atoms with Gasteiger partial charge in [0.2, 0.25) is 11.7 Å². The van der Waals surface area contributed by atoms with Gasteiger partial charge in [0.05, 0.1) is 4.92 Å². The fraction of sp³-hybridized carbons (Fsp3) is 0.300. The fourth-order valence-corrected chi connectivity index (χ4v) is 1.36. The number of hydrogen-bond acceptors (Lipinski definition) is 6. The van der Waals surface area contributed by atoms with E-state index < -0.39 is 22.8 Å². The molecule has 9 heteroatoms. The van der Waals surface area contributed by atoms with E-state index in [9.17, 15) is 19.7 Å². The summed E-state index contributed by atoms with van der Waals surface area (Å²) in [6, 6.07) is 1.38. The lowest BCUT2D eigenvalue weighted by atomic mass is 10.1. The summed E-state index contributed by atoms with van der Waals surface area (Å²) in [6.45, 7) is 0. The van der Waals surface area contributed by atoms with Gasteiger partial charge in [0.15, 0.2) is 0 Å². The van der Waals surface area contributed by atoms with E-state index in [0.717, 1.165) is 0 Å². The van der Waals surface area contributed by atoms with Crippen molar-refractivity contribution >= 4 is 23.4 Å². The van der Waals surface area contributed by atoms with Crippen molar-refractivity contribution in [3.8, 4) is 0 Å². The van der Waals surface area contributed by atoms with Crippen LogP contribution in [-0.4, -0.2) is 32.9 Å². The van der Waals surface area contributed by atoms with Crippen LogP contribution in [0.3, 0.4) is 0 Å². The highest BCUT2D eigenvalue weighted by molar-refractivity contribution is 5.80. The molecule has 1 unspecified atom stereocenters. The molecule has 1 atom stereocenters. The second-order valence-electron chi connectivity index (χ2n) is 3.67. The molecule has 0 aromatic carbocycles. The Morgan fingerprint density at radius 2 is 2.26 bits per heavy atom. The number of nitrogens with one attached hydrogen (secondary N) is 1. The van der Waals surface area contributed by atoms with E-state index in [1.807, 2.05) is 0 Å². The van der Waals surface area contributed by atoms with E-state index in [1.165, 1.54) is 18.3 Å². The van der Waals surface area contributed by atoms with E-state index in [2.05, 4.69) is 10.3 Å². The van der Waals surface area contributed by atoms with E-state index >= 15 is 0 Å². The Kier molecular flexibility index (Phi) is 4.75. The first-order valence-corrected chi connectivity index (χ1v) is 5.29. The third kappa shape index (κ3) is 4.22. The van der Waals surface area contributed by atoms with Crippen LogP contribution in [-0.2, 0) is 9.59 Å². The maximum Gasteiger partial charge on any atom is 0.326 e. The van der Waals surface area contributed by atoms with Crippen LogP contribution in [0.2, 0.25) is 0 Å². The molecule has 1 amide bonds. The highest BCUT2D eigenvalue weighted by Gasteiger charge is 2.23. The summed E-state index contributed by atoms with van der Waals surface area (Å²) in [5.41, 5.74) is 4.59. The second-order valence-corrected chi connectivity index (χ2v) is 3.67. The van der Waals surface area contributed by atoms with Crippen LogP contribution in [0, 0.1) is 10.1 Å². The molecule has 0 spiro atoms. The van der Waals surface area contributed by atoms with Gasteiger partial charge >= 0.3 is 11.7 Å². The molecule has 9 nitrogen and oxygen atoms in total. The SMILES string of the molecule is NC(=O)CCC(Nc1ncccc1[N+](=O)[O-])C(=O)O. The average molecular weight is 268 g/mol. The lowest BCUT2D eigenvalue weighted by molar-refractivity contribution is -0.384. The normalized spacial score (nSPS) is 11.6. The number of pyridine rings is 1. The fourth-order valence-electron chi connectivity index (χ4n) is 1.36. The van der Waals surface area contributed by atoms with E-state index in [4.69, 9.17) is 10.8 Å². The number of nitrogens with zero attached hydrogens (tertiary/aromatic N) is 2. The molecule has 0 bridgehead atoms. The summed E-state index contributed by atoms with van der Waals surface area (Å²) >= 11 is 0. The van der Waals surface area contributed by atoms with Crippen LogP contribution >= 0.6 is 0 Å². The Labute approximate surface area is 107 Å². The smallest absolute Gasteiger partial charge is 0.326 e. The molecule has 4 N–H and O–H groups in total. The summed E-state index contributed by atoms with van der Waals surface area (Å²) in [5, 5.41) is 22.1. The Bertz CT molecular complexity index is 504. The molecular formula is C10H12N4O5. The number of carbonyl (C=O) groups excluding carboxylic acids is 1. The van der Waals surface area contributed by atoms with Gasteiger partial charge in [-0.15, -0.1) is 0 Å². The summed E-state index contributed by atoms with van der Waals surface area (Å²) in [5.74, 6) is -2.06. The van der Waals surface area contributed by atoms with E-state index in [1.54, 1.807) is 0 Å². The minimum absolute atomic E-state index is 0.0849. The maximum absolute atomic E-state index is 11.0. The number of nitrogens with two attached hydrogens (primary N) is 1. The number of carbonyl (C=O) groups is 2. The lowest BCUT2D eigenvalue weighted by Crippen LogP contribution is -2.31. The van der Waals surface area contributed by atoms with Crippen LogP contribution in [0.25, 0.3) is 0 Å². The molecule has 0 saturated heterocycles. The van der Waals surface area contributed by atoms with Crippen molar-refractivity contribution < 1.29 is 19.6 Å². The van der Waals surface area contributed by atoms with E-state index in [0.29, 0.717) is 0 Å². The van der Waals surface area contributed by atoms with Crippen molar-refractivity contribution in [3.05, 3.63) is 28.4 Å². The van der Waals surface area contributed by atoms with Crippen LogP contribution in [0.15, 0.2) is 18.3 Å². The number of primary amides is 1. The number of rotatable bonds is 7. The van der Waals surface area contributed by atoms with Crippen molar-refractivity contribution in [1.82, 2.24) is 4.98 Å². The quantitative estimate of drug-likeness (QED) is 0.469. The number of nitro groups is 1. The molecule has 0 fully saturated rings. The van der Waals surface area contributed by atoms with Gasteiger partial charge in [0.25, 0.3) is 0 Å². The standard InChI is InChI=1S/C10H12N4O5/c11-8(15)4-3-6(10(16)17)13-9-7(14(18)19)2-1-5-12-9/h1-2,5-6H,3-4H2,(H2,11,15)(H,12,13)(H,16,17). The minimum atomic E-state index is -1.25. The first-order valence-electron chi connectivity index (χ1n) is 5.29. The predicted molar refractivity (Wildman–Crippen MR) is 64.4 cm³/mol. The molecule has 0 aliphatic rings. The summed E-state index contributed by atoms with van der Waals surface area (Å²) in [4.78, 5) is 35.4. The number of hydrogen-bond donors (Lipinski definition) is 3. The van der Waals surface area contributed by atoms with Gasteiger partial charge in [-0.05, 0) is 12.5 Å². The van der Waals surface area contributed by atoms with Crippen LogP contribution in [0.5, 0.6) is 0 Å². The predicted octanol–water partition coefficient (Wildman–Crippen LogP) is 0.120. The number of carboxylic acids is 1. The zero-order valence-corrected chi connectivity index (χ0v) is 9.78. The largest absolute Gasteiger partial charge is 0.480 e. The third-order valence-corrected chi connectivity index (χ3v) is 2.27. The third-order valence-electron chi connectivity index (χ3n) is 2.27. The number of anilines is 1. The molecular weight excluding hydrogens is 256 g/mol. The molecule has 102 valence electrons. The minimum Gasteiger partial charge on any atom is -0.480 e. The molecule has 1 rings (SSSR count). The van der Waals surface area contributed by atoms with Gasteiger partial charge in [-0.1, -0.05) is 0 Å². The first-order chi connectivity index (χ1) is 8.91. The topological polar surface area (TPSA) is 148 Å². The average Bonchev–Trinajstić information content (AvgIpc) is 2.34. The van der Waals surface area contributed by atoms with Gasteiger partial charge in [0, 0.05) is 18.7 Å². The number of aromatic nitrogens is 1. The van der Waals surface area contributed by atoms with Gasteiger partial charge < -0.3 is 16.2 Å². The monoisotopic (exact) mass is 268 g/mol. The summed E-state index contributed by atoms with van der Waals surface area (Å²) in [7, 11) is 0. The van der Waals surface area contributed by atoms with Gasteiger partial charge in [0.1, 0.15) is 6.04 Å². The number of aliphatic carboxylic acids is 1.